The predicted octanol–water partition coefficient (Wildman–Crippen LogP) is -0.292. The molecule has 0 spiro atoms. The highest BCUT2D eigenvalue weighted by Gasteiger charge is 2.39. The van der Waals surface area contributed by atoms with Crippen LogP contribution in [0.5, 0.6) is 0 Å². The van der Waals surface area contributed by atoms with Gasteiger partial charge in [-0.2, -0.15) is 0 Å². The van der Waals surface area contributed by atoms with Gasteiger partial charge in [0.05, 0.1) is 5.92 Å². The Morgan fingerprint density at radius 2 is 2.07 bits per heavy atom. The SMILES string of the molecule is O=C(O)C1CN(C(=O)[C@@H]2CCCO2)C1. The van der Waals surface area contributed by atoms with Crippen LogP contribution in [0.15, 0.2) is 0 Å². The molecule has 0 bridgehead atoms. The minimum Gasteiger partial charge on any atom is -0.481 e. The van der Waals surface area contributed by atoms with Gasteiger partial charge in [-0.1, -0.05) is 0 Å². The van der Waals surface area contributed by atoms with Crippen LogP contribution in [0.25, 0.3) is 0 Å². The number of carboxylic acid groups (broad SMARTS) is 1. The summed E-state index contributed by atoms with van der Waals surface area (Å²) in [6.07, 6.45) is 1.38. The lowest BCUT2D eigenvalue weighted by Crippen LogP contribution is -2.55. The van der Waals surface area contributed by atoms with Crippen LogP contribution in [0.3, 0.4) is 0 Å². The minimum atomic E-state index is -0.818. The third-order valence-corrected chi connectivity index (χ3v) is 2.75. The molecule has 1 amide bonds. The molecule has 0 aromatic rings. The summed E-state index contributed by atoms with van der Waals surface area (Å²) >= 11 is 0. The van der Waals surface area contributed by atoms with Gasteiger partial charge in [0.25, 0.3) is 5.91 Å². The molecule has 0 aliphatic carbocycles. The maximum atomic E-state index is 11.6. The highest BCUT2D eigenvalue weighted by atomic mass is 16.5. The van der Waals surface area contributed by atoms with Gasteiger partial charge in [0, 0.05) is 19.7 Å². The molecule has 2 heterocycles. The molecule has 2 aliphatic heterocycles. The van der Waals surface area contributed by atoms with Gasteiger partial charge in [-0.15, -0.1) is 0 Å². The van der Waals surface area contributed by atoms with E-state index in [0.29, 0.717) is 19.7 Å². The van der Waals surface area contributed by atoms with E-state index in [1.807, 2.05) is 0 Å². The van der Waals surface area contributed by atoms with Crippen molar-refractivity contribution in [3.8, 4) is 0 Å². The van der Waals surface area contributed by atoms with Crippen LogP contribution >= 0.6 is 0 Å². The molecular weight excluding hydrogens is 186 g/mol. The number of nitrogens with zero attached hydrogens (tertiary/aromatic N) is 1. The van der Waals surface area contributed by atoms with Crippen LogP contribution in [0.1, 0.15) is 12.8 Å². The largest absolute Gasteiger partial charge is 0.481 e. The molecule has 5 nitrogen and oxygen atoms in total. The highest BCUT2D eigenvalue weighted by Crippen LogP contribution is 2.21. The summed E-state index contributed by atoms with van der Waals surface area (Å²) in [5, 5.41) is 8.63. The molecule has 78 valence electrons. The molecule has 0 saturated carbocycles. The molecular formula is C9H13NO4. The first-order chi connectivity index (χ1) is 6.68. The molecule has 2 saturated heterocycles. The van der Waals surface area contributed by atoms with Gasteiger partial charge >= 0.3 is 5.97 Å². The van der Waals surface area contributed by atoms with Crippen molar-refractivity contribution in [2.45, 2.75) is 18.9 Å². The molecule has 2 fully saturated rings. The van der Waals surface area contributed by atoms with Crippen LogP contribution in [-0.2, 0) is 14.3 Å². The first-order valence-corrected chi connectivity index (χ1v) is 4.81. The summed E-state index contributed by atoms with van der Waals surface area (Å²) in [5.74, 6) is -1.23. The Hall–Kier alpha value is -1.10. The van der Waals surface area contributed by atoms with Crippen molar-refractivity contribution >= 4 is 11.9 Å². The molecule has 1 atom stereocenters. The van der Waals surface area contributed by atoms with E-state index in [1.54, 1.807) is 4.90 Å². The number of carbonyl (C=O) groups excluding carboxylic acids is 1. The van der Waals surface area contributed by atoms with Gasteiger partial charge in [0.15, 0.2) is 0 Å². The first kappa shape index (κ1) is 9.45. The smallest absolute Gasteiger partial charge is 0.310 e. The fourth-order valence-electron chi connectivity index (χ4n) is 1.79. The summed E-state index contributed by atoms with van der Waals surface area (Å²) in [7, 11) is 0. The van der Waals surface area contributed by atoms with Gasteiger partial charge in [0.2, 0.25) is 0 Å². The van der Waals surface area contributed by atoms with Crippen molar-refractivity contribution < 1.29 is 19.4 Å². The lowest BCUT2D eigenvalue weighted by atomic mass is 9.99. The molecule has 2 aliphatic rings. The van der Waals surface area contributed by atoms with Crippen molar-refractivity contribution in [2.24, 2.45) is 5.92 Å². The number of rotatable bonds is 2. The van der Waals surface area contributed by atoms with Crippen LogP contribution in [0.2, 0.25) is 0 Å². The van der Waals surface area contributed by atoms with Gasteiger partial charge in [-0.05, 0) is 12.8 Å². The summed E-state index contributed by atoms with van der Waals surface area (Å²) in [4.78, 5) is 23.7. The van der Waals surface area contributed by atoms with Gasteiger partial charge in [-0.25, -0.2) is 0 Å². The third kappa shape index (κ3) is 1.59. The average molecular weight is 199 g/mol. The molecule has 0 aromatic carbocycles. The average Bonchev–Trinajstić information content (AvgIpc) is 2.51. The second kappa shape index (κ2) is 3.57. The zero-order chi connectivity index (χ0) is 10.1. The van der Waals surface area contributed by atoms with Gasteiger partial charge in [-0.3, -0.25) is 9.59 Å². The highest BCUT2D eigenvalue weighted by molar-refractivity contribution is 5.84. The van der Waals surface area contributed by atoms with E-state index >= 15 is 0 Å². The number of aliphatic carboxylic acids is 1. The lowest BCUT2D eigenvalue weighted by Gasteiger charge is -2.37. The Labute approximate surface area is 81.6 Å². The molecule has 0 aromatic heterocycles. The maximum absolute atomic E-state index is 11.6. The first-order valence-electron chi connectivity index (χ1n) is 4.81. The number of likely N-dealkylation sites (tertiary alicyclic amines) is 1. The van der Waals surface area contributed by atoms with Crippen molar-refractivity contribution in [2.75, 3.05) is 19.7 Å². The summed E-state index contributed by atoms with van der Waals surface area (Å²) in [6.45, 7) is 1.33. The molecule has 1 N–H and O–H groups in total. The summed E-state index contributed by atoms with van der Waals surface area (Å²) in [5.41, 5.74) is 0. The Bertz CT molecular complexity index is 254. The number of amides is 1. The number of hydrogen-bond donors (Lipinski definition) is 1. The van der Waals surface area contributed by atoms with E-state index in [-0.39, 0.29) is 17.9 Å². The van der Waals surface area contributed by atoms with E-state index in [0.717, 1.165) is 12.8 Å². The Kier molecular flexibility index (Phi) is 2.41. The Morgan fingerprint density at radius 1 is 1.36 bits per heavy atom. The fourth-order valence-corrected chi connectivity index (χ4v) is 1.79. The van der Waals surface area contributed by atoms with E-state index in [2.05, 4.69) is 0 Å². The summed E-state index contributed by atoms with van der Waals surface area (Å²) in [6, 6.07) is 0. The molecule has 5 heteroatoms. The van der Waals surface area contributed by atoms with E-state index < -0.39 is 5.97 Å². The minimum absolute atomic E-state index is 0.0417. The zero-order valence-electron chi connectivity index (χ0n) is 7.81. The van der Waals surface area contributed by atoms with Crippen molar-refractivity contribution in [3.05, 3.63) is 0 Å². The number of ether oxygens (including phenoxy) is 1. The second-order valence-electron chi connectivity index (χ2n) is 3.78. The van der Waals surface area contributed by atoms with Crippen molar-refractivity contribution in [3.63, 3.8) is 0 Å². The number of carboxylic acids is 1. The van der Waals surface area contributed by atoms with Crippen molar-refractivity contribution in [1.29, 1.82) is 0 Å². The normalized spacial score (nSPS) is 27.4. The Balaban J connectivity index is 1.81. The van der Waals surface area contributed by atoms with Crippen molar-refractivity contribution in [1.82, 2.24) is 4.90 Å². The number of carbonyl (C=O) groups is 2. The molecule has 14 heavy (non-hydrogen) atoms. The van der Waals surface area contributed by atoms with Crippen LogP contribution in [-0.4, -0.2) is 47.7 Å². The zero-order valence-corrected chi connectivity index (χ0v) is 7.81. The topological polar surface area (TPSA) is 66.8 Å². The second-order valence-corrected chi connectivity index (χ2v) is 3.78. The lowest BCUT2D eigenvalue weighted by molar-refractivity contribution is -0.157. The fraction of sp³-hybridized carbons (Fsp3) is 0.778. The Morgan fingerprint density at radius 3 is 2.57 bits per heavy atom. The van der Waals surface area contributed by atoms with E-state index in [4.69, 9.17) is 9.84 Å². The quantitative estimate of drug-likeness (QED) is 0.663. The molecule has 0 unspecified atom stereocenters. The van der Waals surface area contributed by atoms with Crippen LogP contribution < -0.4 is 0 Å². The van der Waals surface area contributed by atoms with Gasteiger partial charge < -0.3 is 14.7 Å². The monoisotopic (exact) mass is 199 g/mol. The van der Waals surface area contributed by atoms with Crippen LogP contribution in [0, 0.1) is 5.92 Å². The van der Waals surface area contributed by atoms with E-state index in [1.165, 1.54) is 0 Å². The predicted molar refractivity (Wildman–Crippen MR) is 46.7 cm³/mol. The third-order valence-electron chi connectivity index (χ3n) is 2.75. The molecule has 2 rings (SSSR count). The molecule has 0 radical (unpaired) electrons. The van der Waals surface area contributed by atoms with Crippen LogP contribution in [0.4, 0.5) is 0 Å². The van der Waals surface area contributed by atoms with E-state index in [9.17, 15) is 9.59 Å². The summed E-state index contributed by atoms with van der Waals surface area (Å²) < 4.78 is 5.23. The standard InChI is InChI=1S/C9H13NO4/c11-8(7-2-1-3-14-7)10-4-6(5-10)9(12)13/h6-7H,1-5H2,(H,12,13)/t7-/m0/s1. The van der Waals surface area contributed by atoms with Gasteiger partial charge in [0.1, 0.15) is 6.10 Å². The number of hydrogen-bond acceptors (Lipinski definition) is 3. The maximum Gasteiger partial charge on any atom is 0.310 e.